The van der Waals surface area contributed by atoms with Gasteiger partial charge in [-0.1, -0.05) is 18.2 Å². The third-order valence-corrected chi connectivity index (χ3v) is 2.54. The van der Waals surface area contributed by atoms with Crippen molar-refractivity contribution < 1.29 is 4.79 Å². The number of carbonyl (C=O) groups excluding carboxylic acids is 1. The van der Waals surface area contributed by atoms with Crippen LogP contribution in [0.5, 0.6) is 0 Å². The summed E-state index contributed by atoms with van der Waals surface area (Å²) in [7, 11) is 3.33. The summed E-state index contributed by atoms with van der Waals surface area (Å²) < 4.78 is 0. The van der Waals surface area contributed by atoms with Gasteiger partial charge < -0.3 is 16.0 Å². The van der Waals surface area contributed by atoms with Crippen LogP contribution in [0.2, 0.25) is 0 Å². The van der Waals surface area contributed by atoms with E-state index in [4.69, 9.17) is 0 Å². The van der Waals surface area contributed by atoms with Gasteiger partial charge in [-0.15, -0.1) is 6.58 Å². The number of benzene rings is 1. The number of amides is 1. The lowest BCUT2D eigenvalue weighted by Gasteiger charge is -2.10. The van der Waals surface area contributed by atoms with Crippen molar-refractivity contribution in [3.05, 3.63) is 48.0 Å². The van der Waals surface area contributed by atoms with Crippen LogP contribution in [0.4, 0.5) is 0 Å². The molecule has 0 aliphatic rings. The van der Waals surface area contributed by atoms with Crippen LogP contribution < -0.4 is 16.0 Å². The van der Waals surface area contributed by atoms with E-state index in [0.717, 1.165) is 11.5 Å². The number of nitrogens with one attached hydrogen (secondary N) is 3. The van der Waals surface area contributed by atoms with Crippen molar-refractivity contribution in [2.45, 2.75) is 6.54 Å². The predicted molar refractivity (Wildman–Crippen MR) is 78.2 cm³/mol. The molecule has 0 spiro atoms. The topological polar surface area (TPSA) is 65.5 Å². The fourth-order valence-electron chi connectivity index (χ4n) is 1.49. The number of nitrogens with zero attached hydrogens (tertiary/aromatic N) is 1. The monoisotopic (exact) mass is 260 g/mol. The molecule has 1 rings (SSSR count). The molecule has 0 saturated carbocycles. The molecule has 0 saturated heterocycles. The first-order valence-corrected chi connectivity index (χ1v) is 6.07. The molecule has 19 heavy (non-hydrogen) atoms. The van der Waals surface area contributed by atoms with E-state index in [1.807, 2.05) is 12.1 Å². The van der Waals surface area contributed by atoms with Gasteiger partial charge in [-0.2, -0.15) is 0 Å². The highest BCUT2D eigenvalue weighted by Crippen LogP contribution is 2.04. The highest BCUT2D eigenvalue weighted by Gasteiger charge is 2.02. The number of guanidine groups is 1. The highest BCUT2D eigenvalue weighted by atomic mass is 16.1. The van der Waals surface area contributed by atoms with E-state index in [1.165, 1.54) is 0 Å². The molecular formula is C14H20N4O. The molecule has 102 valence electrons. The zero-order chi connectivity index (χ0) is 14.1. The SMILES string of the molecule is C=CCNC(=NC)NCc1ccc(C(=O)NC)cc1. The maximum Gasteiger partial charge on any atom is 0.251 e. The van der Waals surface area contributed by atoms with E-state index in [-0.39, 0.29) is 5.91 Å². The van der Waals surface area contributed by atoms with Gasteiger partial charge in [0, 0.05) is 32.7 Å². The Balaban J connectivity index is 2.53. The molecule has 1 amide bonds. The Morgan fingerprint density at radius 3 is 2.53 bits per heavy atom. The molecule has 0 fully saturated rings. The molecule has 0 unspecified atom stereocenters. The van der Waals surface area contributed by atoms with Crippen LogP contribution in [0, 0.1) is 0 Å². The summed E-state index contributed by atoms with van der Waals surface area (Å²) in [5.41, 5.74) is 1.73. The Kier molecular flexibility index (Phi) is 6.15. The fourth-order valence-corrected chi connectivity index (χ4v) is 1.49. The second-order valence-electron chi connectivity index (χ2n) is 3.87. The summed E-state index contributed by atoms with van der Waals surface area (Å²) in [6.45, 7) is 4.94. The third-order valence-electron chi connectivity index (χ3n) is 2.54. The molecular weight excluding hydrogens is 240 g/mol. The summed E-state index contributed by atoms with van der Waals surface area (Å²) in [6.07, 6.45) is 1.77. The summed E-state index contributed by atoms with van der Waals surface area (Å²) in [6, 6.07) is 7.43. The lowest BCUT2D eigenvalue weighted by atomic mass is 10.1. The lowest BCUT2D eigenvalue weighted by molar-refractivity contribution is 0.0963. The van der Waals surface area contributed by atoms with Crippen LogP contribution in [0.15, 0.2) is 41.9 Å². The van der Waals surface area contributed by atoms with E-state index >= 15 is 0 Å². The molecule has 1 aromatic rings. The Labute approximate surface area is 113 Å². The summed E-state index contributed by atoms with van der Waals surface area (Å²) in [4.78, 5) is 15.5. The van der Waals surface area contributed by atoms with E-state index in [2.05, 4.69) is 27.5 Å². The van der Waals surface area contributed by atoms with E-state index in [1.54, 1.807) is 32.3 Å². The molecule has 3 N–H and O–H groups in total. The highest BCUT2D eigenvalue weighted by molar-refractivity contribution is 5.93. The van der Waals surface area contributed by atoms with Crippen molar-refractivity contribution in [1.82, 2.24) is 16.0 Å². The standard InChI is InChI=1S/C14H20N4O/c1-4-9-17-14(16-3)18-10-11-5-7-12(8-6-11)13(19)15-2/h4-8H,1,9-10H2,2-3H3,(H,15,19)(H2,16,17,18). The van der Waals surface area contributed by atoms with Crippen LogP contribution in [0.25, 0.3) is 0 Å². The van der Waals surface area contributed by atoms with Gasteiger partial charge in [0.1, 0.15) is 0 Å². The minimum absolute atomic E-state index is 0.0806. The molecule has 0 bridgehead atoms. The van der Waals surface area contributed by atoms with Crippen molar-refractivity contribution in [2.75, 3.05) is 20.6 Å². The maximum atomic E-state index is 11.4. The Morgan fingerprint density at radius 1 is 1.32 bits per heavy atom. The second-order valence-corrected chi connectivity index (χ2v) is 3.87. The molecule has 0 aromatic heterocycles. The summed E-state index contributed by atoms with van der Waals surface area (Å²) >= 11 is 0. The van der Waals surface area contributed by atoms with Gasteiger partial charge >= 0.3 is 0 Å². The Bertz CT molecular complexity index is 451. The third kappa shape index (κ3) is 4.83. The molecule has 5 heteroatoms. The Morgan fingerprint density at radius 2 is 2.00 bits per heavy atom. The summed E-state index contributed by atoms with van der Waals surface area (Å²) in [5, 5.41) is 8.85. The first-order valence-electron chi connectivity index (χ1n) is 6.07. The van der Waals surface area contributed by atoms with Crippen molar-refractivity contribution in [3.63, 3.8) is 0 Å². The van der Waals surface area contributed by atoms with Crippen LogP contribution in [0.1, 0.15) is 15.9 Å². The molecule has 0 heterocycles. The average molecular weight is 260 g/mol. The molecule has 0 aliphatic carbocycles. The molecule has 0 radical (unpaired) electrons. The van der Waals surface area contributed by atoms with Gasteiger partial charge in [-0.3, -0.25) is 9.79 Å². The average Bonchev–Trinajstić information content (AvgIpc) is 2.47. The van der Waals surface area contributed by atoms with Gasteiger partial charge in [0.25, 0.3) is 5.91 Å². The lowest BCUT2D eigenvalue weighted by Crippen LogP contribution is -2.36. The summed E-state index contributed by atoms with van der Waals surface area (Å²) in [5.74, 6) is 0.637. The van der Waals surface area contributed by atoms with Crippen molar-refractivity contribution in [1.29, 1.82) is 0 Å². The predicted octanol–water partition coefficient (Wildman–Crippen LogP) is 0.897. The quantitative estimate of drug-likeness (QED) is 0.418. The van der Waals surface area contributed by atoms with Gasteiger partial charge in [0.15, 0.2) is 5.96 Å². The zero-order valence-corrected chi connectivity index (χ0v) is 11.4. The normalized spacial score (nSPS) is 10.7. The largest absolute Gasteiger partial charge is 0.355 e. The molecule has 5 nitrogen and oxygen atoms in total. The van der Waals surface area contributed by atoms with Crippen LogP contribution in [-0.2, 0) is 6.54 Å². The van der Waals surface area contributed by atoms with E-state index in [0.29, 0.717) is 18.7 Å². The van der Waals surface area contributed by atoms with E-state index < -0.39 is 0 Å². The molecule has 0 atom stereocenters. The smallest absolute Gasteiger partial charge is 0.251 e. The van der Waals surface area contributed by atoms with Crippen molar-refractivity contribution >= 4 is 11.9 Å². The second kappa shape index (κ2) is 7.92. The van der Waals surface area contributed by atoms with Gasteiger partial charge in [0.05, 0.1) is 0 Å². The first kappa shape index (κ1) is 14.8. The minimum Gasteiger partial charge on any atom is -0.355 e. The number of carbonyl (C=O) groups is 1. The van der Waals surface area contributed by atoms with E-state index in [9.17, 15) is 4.79 Å². The van der Waals surface area contributed by atoms with Crippen molar-refractivity contribution in [2.24, 2.45) is 4.99 Å². The molecule has 1 aromatic carbocycles. The fraction of sp³-hybridized carbons (Fsp3) is 0.286. The van der Waals surface area contributed by atoms with Crippen LogP contribution in [0.3, 0.4) is 0 Å². The molecule has 0 aliphatic heterocycles. The Hall–Kier alpha value is -2.30. The van der Waals surface area contributed by atoms with Crippen LogP contribution >= 0.6 is 0 Å². The van der Waals surface area contributed by atoms with Gasteiger partial charge in [-0.05, 0) is 17.7 Å². The minimum atomic E-state index is -0.0806. The number of hydrogen-bond acceptors (Lipinski definition) is 2. The van der Waals surface area contributed by atoms with Crippen molar-refractivity contribution in [3.8, 4) is 0 Å². The first-order chi connectivity index (χ1) is 9.21. The number of aliphatic imine (C=N–C) groups is 1. The van der Waals surface area contributed by atoms with Crippen LogP contribution in [-0.4, -0.2) is 32.5 Å². The number of rotatable bonds is 5. The van der Waals surface area contributed by atoms with Gasteiger partial charge in [-0.25, -0.2) is 0 Å². The zero-order valence-electron chi connectivity index (χ0n) is 11.4. The number of hydrogen-bond donors (Lipinski definition) is 3. The maximum absolute atomic E-state index is 11.4. The van der Waals surface area contributed by atoms with Gasteiger partial charge in [0.2, 0.25) is 0 Å².